The van der Waals surface area contributed by atoms with Crippen molar-refractivity contribution in [3.63, 3.8) is 0 Å². The van der Waals surface area contributed by atoms with E-state index in [1.54, 1.807) is 19.0 Å². The van der Waals surface area contributed by atoms with Crippen molar-refractivity contribution in [2.45, 2.75) is 39.8 Å². The Morgan fingerprint density at radius 1 is 1.24 bits per heavy atom. The lowest BCUT2D eigenvalue weighted by Crippen LogP contribution is -2.37. The molecule has 0 saturated carbocycles. The van der Waals surface area contributed by atoms with Crippen LogP contribution in [-0.4, -0.2) is 53.5 Å². The van der Waals surface area contributed by atoms with Gasteiger partial charge in [0.1, 0.15) is 0 Å². The van der Waals surface area contributed by atoms with Crippen LogP contribution in [0.4, 0.5) is 5.95 Å². The highest BCUT2D eigenvalue weighted by Crippen LogP contribution is 2.08. The number of rotatable bonds is 6. The van der Waals surface area contributed by atoms with Crippen molar-refractivity contribution in [1.29, 1.82) is 0 Å². The van der Waals surface area contributed by atoms with Crippen molar-refractivity contribution in [3.05, 3.63) is 18.0 Å². The van der Waals surface area contributed by atoms with Crippen LogP contribution in [0.2, 0.25) is 0 Å². The van der Waals surface area contributed by atoms with Crippen molar-refractivity contribution < 1.29 is 4.79 Å². The first-order chi connectivity index (χ1) is 9.73. The summed E-state index contributed by atoms with van der Waals surface area (Å²) in [4.78, 5) is 24.0. The van der Waals surface area contributed by atoms with Crippen LogP contribution in [0.25, 0.3) is 0 Å². The highest BCUT2D eigenvalue weighted by Gasteiger charge is 2.14. The smallest absolute Gasteiger partial charge is 0.241 e. The second-order valence-corrected chi connectivity index (χ2v) is 6.30. The molecule has 1 rings (SSSR count). The van der Waals surface area contributed by atoms with Gasteiger partial charge in [0.25, 0.3) is 0 Å². The van der Waals surface area contributed by atoms with Gasteiger partial charge < -0.3 is 15.1 Å². The van der Waals surface area contributed by atoms with E-state index in [1.165, 1.54) is 0 Å². The summed E-state index contributed by atoms with van der Waals surface area (Å²) < 4.78 is 0. The van der Waals surface area contributed by atoms with Crippen LogP contribution >= 0.6 is 0 Å². The van der Waals surface area contributed by atoms with Gasteiger partial charge in [-0.1, -0.05) is 0 Å². The van der Waals surface area contributed by atoms with E-state index in [0.717, 1.165) is 12.1 Å². The number of nitrogens with one attached hydrogen (secondary N) is 1. The lowest BCUT2D eigenvalue weighted by molar-refractivity contribution is -0.127. The maximum atomic E-state index is 11.8. The third-order valence-corrected chi connectivity index (χ3v) is 3.00. The van der Waals surface area contributed by atoms with Gasteiger partial charge in [-0.15, -0.1) is 0 Å². The van der Waals surface area contributed by atoms with Crippen LogP contribution in [0, 0.1) is 0 Å². The molecule has 1 aromatic heterocycles. The zero-order valence-corrected chi connectivity index (χ0v) is 14.0. The summed E-state index contributed by atoms with van der Waals surface area (Å²) in [5.41, 5.74) is 1.09. The molecule has 0 aliphatic rings. The number of carbonyl (C=O) groups is 1. The Bertz CT molecular complexity index is 450. The standard InChI is InChI=1S/C15H27N5O/c1-7-20(11-13(21)19(5)6)14-16-8-12(9-17-14)10-18-15(2,3)4/h8-9,18H,7,10-11H2,1-6H3. The molecule has 118 valence electrons. The van der Waals surface area contributed by atoms with Crippen molar-refractivity contribution >= 4 is 11.9 Å². The topological polar surface area (TPSA) is 61.4 Å². The van der Waals surface area contributed by atoms with Crippen molar-refractivity contribution in [1.82, 2.24) is 20.2 Å². The van der Waals surface area contributed by atoms with Gasteiger partial charge >= 0.3 is 0 Å². The molecule has 1 aromatic rings. The Labute approximate surface area is 127 Å². The second-order valence-electron chi connectivity index (χ2n) is 6.30. The monoisotopic (exact) mass is 293 g/mol. The fourth-order valence-electron chi connectivity index (χ4n) is 1.60. The van der Waals surface area contributed by atoms with Crippen molar-refractivity contribution in [2.24, 2.45) is 0 Å². The summed E-state index contributed by atoms with van der Waals surface area (Å²) in [5, 5.41) is 3.39. The average molecular weight is 293 g/mol. The lowest BCUT2D eigenvalue weighted by Gasteiger charge is -2.23. The van der Waals surface area contributed by atoms with Gasteiger partial charge in [-0.05, 0) is 27.7 Å². The maximum Gasteiger partial charge on any atom is 0.241 e. The quantitative estimate of drug-likeness (QED) is 0.856. The molecule has 0 aliphatic heterocycles. The van der Waals surface area contributed by atoms with E-state index in [2.05, 4.69) is 36.1 Å². The molecular formula is C15H27N5O. The van der Waals surface area contributed by atoms with Gasteiger partial charge in [-0.3, -0.25) is 4.79 Å². The second kappa shape index (κ2) is 7.36. The Hall–Kier alpha value is -1.69. The Morgan fingerprint density at radius 2 is 1.81 bits per heavy atom. The van der Waals surface area contributed by atoms with E-state index in [0.29, 0.717) is 19.0 Å². The molecule has 6 heteroatoms. The number of amides is 1. The summed E-state index contributed by atoms with van der Waals surface area (Å²) in [6, 6.07) is 0. The summed E-state index contributed by atoms with van der Waals surface area (Å²) in [6.45, 7) is 10.1. The van der Waals surface area contributed by atoms with Gasteiger partial charge in [0.15, 0.2) is 0 Å². The minimum Gasteiger partial charge on any atom is -0.347 e. The molecule has 0 bridgehead atoms. The van der Waals surface area contributed by atoms with Crippen LogP contribution in [0.1, 0.15) is 33.3 Å². The maximum absolute atomic E-state index is 11.8. The van der Waals surface area contributed by atoms with Gasteiger partial charge in [-0.25, -0.2) is 9.97 Å². The molecule has 1 N–H and O–H groups in total. The molecule has 0 aromatic carbocycles. The van der Waals surface area contributed by atoms with Gasteiger partial charge in [0.05, 0.1) is 6.54 Å². The molecule has 6 nitrogen and oxygen atoms in total. The van der Waals surface area contributed by atoms with Crippen molar-refractivity contribution in [2.75, 3.05) is 32.1 Å². The lowest BCUT2D eigenvalue weighted by atomic mass is 10.1. The third-order valence-electron chi connectivity index (χ3n) is 3.00. The first-order valence-corrected chi connectivity index (χ1v) is 7.24. The molecule has 0 radical (unpaired) electrons. The van der Waals surface area contributed by atoms with E-state index in [4.69, 9.17) is 0 Å². The fourth-order valence-corrected chi connectivity index (χ4v) is 1.60. The first-order valence-electron chi connectivity index (χ1n) is 7.24. The Kier molecular flexibility index (Phi) is 6.08. The number of nitrogens with zero attached hydrogens (tertiary/aromatic N) is 4. The number of hydrogen-bond donors (Lipinski definition) is 1. The Balaban J connectivity index is 2.68. The van der Waals surface area contributed by atoms with E-state index in [1.807, 2.05) is 24.2 Å². The fraction of sp³-hybridized carbons (Fsp3) is 0.667. The molecule has 1 amide bonds. The molecule has 1 heterocycles. The number of aromatic nitrogens is 2. The zero-order valence-electron chi connectivity index (χ0n) is 14.0. The number of carbonyl (C=O) groups excluding carboxylic acids is 1. The van der Waals surface area contributed by atoms with E-state index < -0.39 is 0 Å². The summed E-state index contributed by atoms with van der Waals surface area (Å²) in [7, 11) is 3.50. The van der Waals surface area contributed by atoms with Gasteiger partial charge in [0.2, 0.25) is 11.9 Å². The Morgan fingerprint density at radius 3 is 2.24 bits per heavy atom. The normalized spacial score (nSPS) is 11.3. The minimum atomic E-state index is 0.0407. The SMILES string of the molecule is CCN(CC(=O)N(C)C)c1ncc(CNC(C)(C)C)cn1. The van der Waals surface area contributed by atoms with E-state index >= 15 is 0 Å². The average Bonchev–Trinajstić information content (AvgIpc) is 2.42. The van der Waals surface area contributed by atoms with Crippen LogP contribution in [-0.2, 0) is 11.3 Å². The number of likely N-dealkylation sites (N-methyl/N-ethyl adjacent to an activating group) is 2. The first kappa shape index (κ1) is 17.4. The van der Waals surface area contributed by atoms with E-state index in [9.17, 15) is 4.79 Å². The molecule has 0 unspecified atom stereocenters. The molecule has 0 fully saturated rings. The predicted octanol–water partition coefficient (Wildman–Crippen LogP) is 1.28. The predicted molar refractivity (Wildman–Crippen MR) is 85.2 cm³/mol. The summed E-state index contributed by atoms with van der Waals surface area (Å²) >= 11 is 0. The molecular weight excluding hydrogens is 266 g/mol. The molecule has 0 saturated heterocycles. The number of anilines is 1. The summed E-state index contributed by atoms with van der Waals surface area (Å²) in [6.07, 6.45) is 3.62. The highest BCUT2D eigenvalue weighted by atomic mass is 16.2. The van der Waals surface area contributed by atoms with Crippen LogP contribution < -0.4 is 10.2 Å². The molecule has 0 spiro atoms. The summed E-state index contributed by atoms with van der Waals surface area (Å²) in [5.74, 6) is 0.631. The number of hydrogen-bond acceptors (Lipinski definition) is 5. The minimum absolute atomic E-state index is 0.0407. The molecule has 21 heavy (non-hydrogen) atoms. The largest absolute Gasteiger partial charge is 0.347 e. The van der Waals surface area contributed by atoms with Crippen LogP contribution in [0.15, 0.2) is 12.4 Å². The molecule has 0 atom stereocenters. The van der Waals surface area contributed by atoms with Crippen LogP contribution in [0.3, 0.4) is 0 Å². The molecule has 0 aliphatic carbocycles. The van der Waals surface area contributed by atoms with Gasteiger partial charge in [-0.2, -0.15) is 0 Å². The highest BCUT2D eigenvalue weighted by molar-refractivity contribution is 5.80. The third kappa shape index (κ3) is 6.08. The van der Waals surface area contributed by atoms with Crippen LogP contribution in [0.5, 0.6) is 0 Å². The zero-order chi connectivity index (χ0) is 16.0. The van der Waals surface area contributed by atoms with Gasteiger partial charge in [0, 0.05) is 50.7 Å². The van der Waals surface area contributed by atoms with E-state index in [-0.39, 0.29) is 11.4 Å². The van der Waals surface area contributed by atoms with Crippen molar-refractivity contribution in [3.8, 4) is 0 Å².